The molecule has 0 aliphatic rings. The summed E-state index contributed by atoms with van der Waals surface area (Å²) in [6, 6.07) is 13.8. The predicted octanol–water partition coefficient (Wildman–Crippen LogP) is 3.02. The highest BCUT2D eigenvalue weighted by atomic mass is 32.2. The number of imidazole rings is 1. The van der Waals surface area contributed by atoms with E-state index in [1.54, 1.807) is 0 Å². The van der Waals surface area contributed by atoms with E-state index in [2.05, 4.69) is 41.2 Å². The van der Waals surface area contributed by atoms with Gasteiger partial charge in [-0.15, -0.1) is 5.10 Å². The van der Waals surface area contributed by atoms with Gasteiger partial charge in [-0.3, -0.25) is 14.2 Å². The maximum absolute atomic E-state index is 9.19. The van der Waals surface area contributed by atoms with Crippen LogP contribution in [0.4, 0.5) is 5.95 Å². The molecule has 0 saturated heterocycles. The van der Waals surface area contributed by atoms with Gasteiger partial charge < -0.3 is 5.73 Å². The number of rotatable bonds is 3. The zero-order valence-electron chi connectivity index (χ0n) is 17.7. The van der Waals surface area contributed by atoms with Crippen LogP contribution in [0.1, 0.15) is 20.8 Å². The summed E-state index contributed by atoms with van der Waals surface area (Å²) in [4.78, 5) is 9.26. The lowest BCUT2D eigenvalue weighted by atomic mass is 9.97. The third-order valence-electron chi connectivity index (χ3n) is 4.11. The molecule has 0 aliphatic heterocycles. The van der Waals surface area contributed by atoms with Crippen molar-refractivity contribution in [2.24, 2.45) is 5.41 Å². The van der Waals surface area contributed by atoms with Gasteiger partial charge in [-0.05, 0) is 17.5 Å². The van der Waals surface area contributed by atoms with Crippen LogP contribution in [-0.4, -0.2) is 49.2 Å². The zero-order valence-corrected chi connectivity index (χ0v) is 18.6. The average molecular weight is 444 g/mol. The van der Waals surface area contributed by atoms with Crippen molar-refractivity contribution in [1.29, 1.82) is 0 Å². The molecule has 1 aromatic carbocycles. The molecule has 4 aromatic rings. The number of aromatic amines is 1. The van der Waals surface area contributed by atoms with E-state index in [1.807, 2.05) is 47.0 Å². The fraction of sp³-hybridized carbons (Fsp3) is 0.300. The highest BCUT2D eigenvalue weighted by Crippen LogP contribution is 2.29. The standard InChI is InChI=1S/C19H21N7.CH4O3S/c1-19(2,3)11-26-17-14(22-18(26)20)10-9-13(21-17)16-15(23-25-24-16)12-7-5-4-6-8-12;1-5(2,3)4/h4-10H,11H2,1-3H3,(H2,20,22)(H,23,24,25);1H3,(H,2,3,4). The molecule has 4 rings (SSSR count). The van der Waals surface area contributed by atoms with Gasteiger partial charge in [0.1, 0.15) is 16.9 Å². The number of hydrogen-bond acceptors (Lipinski definition) is 7. The summed E-state index contributed by atoms with van der Waals surface area (Å²) in [7, 11) is -3.67. The second-order valence-corrected chi connectivity index (χ2v) is 9.76. The number of aromatic nitrogens is 6. The molecule has 4 N–H and O–H groups in total. The fourth-order valence-electron chi connectivity index (χ4n) is 2.99. The molecular formula is C20H25N7O3S. The summed E-state index contributed by atoms with van der Waals surface area (Å²) in [6.07, 6.45) is 0.715. The Bertz CT molecular complexity index is 1280. The first-order chi connectivity index (χ1) is 14.4. The van der Waals surface area contributed by atoms with Gasteiger partial charge in [-0.25, -0.2) is 9.97 Å². The van der Waals surface area contributed by atoms with Gasteiger partial charge in [0, 0.05) is 12.1 Å². The summed E-state index contributed by atoms with van der Waals surface area (Å²) in [5.41, 5.74) is 11.0. The van der Waals surface area contributed by atoms with Gasteiger partial charge in [-0.2, -0.15) is 8.42 Å². The van der Waals surface area contributed by atoms with Crippen LogP contribution >= 0.6 is 0 Å². The van der Waals surface area contributed by atoms with Gasteiger partial charge in [0.15, 0.2) is 5.65 Å². The molecule has 164 valence electrons. The monoisotopic (exact) mass is 443 g/mol. The van der Waals surface area contributed by atoms with E-state index in [0.717, 1.165) is 40.4 Å². The smallest absolute Gasteiger partial charge is 0.261 e. The summed E-state index contributed by atoms with van der Waals surface area (Å²) in [5.74, 6) is 0.477. The van der Waals surface area contributed by atoms with Crippen LogP contribution in [0.2, 0.25) is 0 Å². The van der Waals surface area contributed by atoms with Gasteiger partial charge >= 0.3 is 0 Å². The first-order valence-electron chi connectivity index (χ1n) is 9.44. The Kier molecular flexibility index (Phi) is 6.09. The van der Waals surface area contributed by atoms with Crippen molar-refractivity contribution in [3.63, 3.8) is 0 Å². The Morgan fingerprint density at radius 1 is 1.10 bits per heavy atom. The van der Waals surface area contributed by atoms with Crippen LogP contribution in [0.5, 0.6) is 0 Å². The number of anilines is 1. The topological polar surface area (TPSA) is 153 Å². The van der Waals surface area contributed by atoms with E-state index in [4.69, 9.17) is 15.3 Å². The highest BCUT2D eigenvalue weighted by molar-refractivity contribution is 7.85. The minimum Gasteiger partial charge on any atom is -0.369 e. The molecule has 0 bridgehead atoms. The normalized spacial score (nSPS) is 11.9. The molecule has 10 nitrogen and oxygen atoms in total. The Morgan fingerprint density at radius 3 is 2.35 bits per heavy atom. The highest BCUT2D eigenvalue weighted by Gasteiger charge is 2.19. The predicted molar refractivity (Wildman–Crippen MR) is 120 cm³/mol. The van der Waals surface area contributed by atoms with E-state index < -0.39 is 10.1 Å². The second-order valence-electron chi connectivity index (χ2n) is 8.29. The van der Waals surface area contributed by atoms with Crippen molar-refractivity contribution < 1.29 is 13.0 Å². The van der Waals surface area contributed by atoms with E-state index in [1.165, 1.54) is 0 Å². The molecule has 0 radical (unpaired) electrons. The summed E-state index contributed by atoms with van der Waals surface area (Å²) in [6.45, 7) is 7.22. The minimum absolute atomic E-state index is 0.0597. The molecule has 0 spiro atoms. The molecule has 3 heterocycles. The quantitative estimate of drug-likeness (QED) is 0.408. The average Bonchev–Trinajstić information content (AvgIpc) is 3.25. The van der Waals surface area contributed by atoms with Crippen LogP contribution in [-0.2, 0) is 16.7 Å². The number of nitrogens with two attached hydrogens (primary N) is 1. The molecule has 11 heteroatoms. The lowest BCUT2D eigenvalue weighted by Crippen LogP contribution is -2.17. The van der Waals surface area contributed by atoms with E-state index in [9.17, 15) is 8.42 Å². The van der Waals surface area contributed by atoms with Crippen LogP contribution in [0, 0.1) is 5.41 Å². The number of benzene rings is 1. The number of fused-ring (bicyclic) bond motifs is 1. The maximum atomic E-state index is 9.19. The third-order valence-corrected chi connectivity index (χ3v) is 4.11. The van der Waals surface area contributed by atoms with Crippen LogP contribution in [0.3, 0.4) is 0 Å². The van der Waals surface area contributed by atoms with E-state index >= 15 is 0 Å². The molecule has 0 unspecified atom stereocenters. The number of nitrogens with zero attached hydrogens (tertiary/aromatic N) is 5. The van der Waals surface area contributed by atoms with E-state index in [0.29, 0.717) is 12.2 Å². The van der Waals surface area contributed by atoms with Crippen LogP contribution in [0.15, 0.2) is 42.5 Å². The minimum atomic E-state index is -3.67. The Balaban J connectivity index is 0.000000491. The van der Waals surface area contributed by atoms with Crippen molar-refractivity contribution in [1.82, 2.24) is 29.9 Å². The Labute approximate surface area is 180 Å². The summed E-state index contributed by atoms with van der Waals surface area (Å²) in [5, 5.41) is 11.2. The Hall–Kier alpha value is -3.31. The molecule has 0 atom stereocenters. The van der Waals surface area contributed by atoms with Crippen molar-refractivity contribution in [2.45, 2.75) is 27.3 Å². The van der Waals surface area contributed by atoms with Crippen LogP contribution in [0.25, 0.3) is 33.8 Å². The number of hydrogen-bond donors (Lipinski definition) is 3. The van der Waals surface area contributed by atoms with Gasteiger partial charge in [0.05, 0.1) is 11.9 Å². The number of H-pyrrole nitrogens is 1. The lowest BCUT2D eigenvalue weighted by molar-refractivity contribution is 0.350. The number of nitrogen functional groups attached to an aromatic ring is 1. The van der Waals surface area contributed by atoms with Gasteiger partial charge in [0.25, 0.3) is 10.1 Å². The molecule has 3 aromatic heterocycles. The van der Waals surface area contributed by atoms with Gasteiger partial charge in [-0.1, -0.05) is 56.3 Å². The molecule has 0 aliphatic carbocycles. The SMILES string of the molecule is CC(C)(C)Cn1c(N)nc2ccc(-c3[nH]nnc3-c3ccccc3)nc21.CS(=O)(=O)O. The van der Waals surface area contributed by atoms with Gasteiger partial charge in [0.2, 0.25) is 5.95 Å². The molecule has 0 saturated carbocycles. The fourth-order valence-corrected chi connectivity index (χ4v) is 2.99. The van der Waals surface area contributed by atoms with Crippen LogP contribution < -0.4 is 5.73 Å². The third kappa shape index (κ3) is 5.86. The largest absolute Gasteiger partial charge is 0.369 e. The Morgan fingerprint density at radius 2 is 1.74 bits per heavy atom. The summed E-state index contributed by atoms with van der Waals surface area (Å²) >= 11 is 0. The van der Waals surface area contributed by atoms with E-state index in [-0.39, 0.29) is 5.41 Å². The maximum Gasteiger partial charge on any atom is 0.261 e. The first kappa shape index (κ1) is 22.4. The second kappa shape index (κ2) is 8.44. The lowest BCUT2D eigenvalue weighted by Gasteiger charge is -2.19. The summed E-state index contributed by atoms with van der Waals surface area (Å²) < 4.78 is 27.8. The van der Waals surface area contributed by atoms with Crippen molar-refractivity contribution >= 4 is 27.2 Å². The molecule has 0 amide bonds. The number of nitrogens with one attached hydrogen (secondary N) is 1. The van der Waals surface area contributed by atoms with Crippen molar-refractivity contribution in [3.8, 4) is 22.6 Å². The molecule has 31 heavy (non-hydrogen) atoms. The molecule has 0 fully saturated rings. The van der Waals surface area contributed by atoms with Crippen molar-refractivity contribution in [2.75, 3.05) is 12.0 Å². The zero-order chi connectivity index (χ0) is 22.8. The van der Waals surface area contributed by atoms with Crippen molar-refractivity contribution in [3.05, 3.63) is 42.5 Å². The molecular weight excluding hydrogens is 418 g/mol. The number of pyridine rings is 1. The first-order valence-corrected chi connectivity index (χ1v) is 11.3.